The highest BCUT2D eigenvalue weighted by Crippen LogP contribution is 2.28. The second kappa shape index (κ2) is 7.30. The summed E-state index contributed by atoms with van der Waals surface area (Å²) in [6.45, 7) is 2.53. The molecule has 0 spiro atoms. The molecule has 0 saturated heterocycles. The minimum absolute atomic E-state index is 0.0739. The van der Waals surface area contributed by atoms with Crippen LogP contribution in [0, 0.1) is 5.92 Å². The number of carbonyl (C=O) groups excluding carboxylic acids is 2. The van der Waals surface area contributed by atoms with Crippen LogP contribution < -0.4 is 0 Å². The summed E-state index contributed by atoms with van der Waals surface area (Å²) in [6, 6.07) is 0. The SMILES string of the molecule is CCN(CC(=O)OC)C(=O)CCC1CCCC1. The van der Waals surface area contributed by atoms with E-state index in [0.29, 0.717) is 13.0 Å². The van der Waals surface area contributed by atoms with E-state index in [0.717, 1.165) is 12.3 Å². The first-order valence-corrected chi connectivity index (χ1v) is 6.52. The Kier molecular flexibility index (Phi) is 6.01. The number of nitrogens with zero attached hydrogens (tertiary/aromatic N) is 1. The van der Waals surface area contributed by atoms with E-state index in [1.165, 1.54) is 32.8 Å². The lowest BCUT2D eigenvalue weighted by atomic mass is 10.0. The van der Waals surface area contributed by atoms with Crippen molar-refractivity contribution in [2.24, 2.45) is 5.92 Å². The van der Waals surface area contributed by atoms with Crippen molar-refractivity contribution in [1.82, 2.24) is 4.90 Å². The first-order chi connectivity index (χ1) is 8.17. The predicted octanol–water partition coefficient (Wildman–Crippen LogP) is 1.98. The Morgan fingerprint density at radius 2 is 1.94 bits per heavy atom. The van der Waals surface area contributed by atoms with Gasteiger partial charge in [0, 0.05) is 13.0 Å². The van der Waals surface area contributed by atoms with Gasteiger partial charge in [0.25, 0.3) is 0 Å². The van der Waals surface area contributed by atoms with Crippen molar-refractivity contribution in [3.63, 3.8) is 0 Å². The summed E-state index contributed by atoms with van der Waals surface area (Å²) in [6.07, 6.45) is 6.66. The lowest BCUT2D eigenvalue weighted by Gasteiger charge is -2.20. The molecule has 0 aromatic carbocycles. The van der Waals surface area contributed by atoms with E-state index in [-0.39, 0.29) is 18.4 Å². The fraction of sp³-hybridized carbons (Fsp3) is 0.846. The Morgan fingerprint density at radius 1 is 1.29 bits per heavy atom. The van der Waals surface area contributed by atoms with E-state index in [1.807, 2.05) is 6.92 Å². The van der Waals surface area contributed by atoms with E-state index in [1.54, 1.807) is 4.90 Å². The molecule has 0 N–H and O–H groups in total. The highest BCUT2D eigenvalue weighted by Gasteiger charge is 2.19. The van der Waals surface area contributed by atoms with Gasteiger partial charge in [0.1, 0.15) is 6.54 Å². The average molecular weight is 241 g/mol. The molecule has 0 unspecified atom stereocenters. The minimum atomic E-state index is -0.346. The van der Waals surface area contributed by atoms with Crippen molar-refractivity contribution < 1.29 is 14.3 Å². The molecule has 0 heterocycles. The van der Waals surface area contributed by atoms with Crippen molar-refractivity contribution in [2.45, 2.75) is 45.4 Å². The van der Waals surface area contributed by atoms with E-state index in [2.05, 4.69) is 4.74 Å². The molecule has 17 heavy (non-hydrogen) atoms. The molecular weight excluding hydrogens is 218 g/mol. The third-order valence-electron chi connectivity index (χ3n) is 3.52. The number of amides is 1. The maximum Gasteiger partial charge on any atom is 0.325 e. The summed E-state index contributed by atoms with van der Waals surface area (Å²) in [7, 11) is 1.35. The summed E-state index contributed by atoms with van der Waals surface area (Å²) in [5.41, 5.74) is 0. The van der Waals surface area contributed by atoms with Gasteiger partial charge in [0.15, 0.2) is 0 Å². The van der Waals surface area contributed by atoms with Gasteiger partial charge < -0.3 is 9.64 Å². The van der Waals surface area contributed by atoms with Gasteiger partial charge in [-0.15, -0.1) is 0 Å². The number of likely N-dealkylation sites (N-methyl/N-ethyl adjacent to an activating group) is 1. The van der Waals surface area contributed by atoms with Crippen molar-refractivity contribution in [2.75, 3.05) is 20.2 Å². The van der Waals surface area contributed by atoms with Gasteiger partial charge >= 0.3 is 5.97 Å². The number of hydrogen-bond acceptors (Lipinski definition) is 3. The van der Waals surface area contributed by atoms with Crippen molar-refractivity contribution in [3.8, 4) is 0 Å². The molecule has 1 rings (SSSR count). The monoisotopic (exact) mass is 241 g/mol. The molecular formula is C13H23NO3. The summed E-state index contributed by atoms with van der Waals surface area (Å²) < 4.78 is 4.58. The number of carbonyl (C=O) groups is 2. The van der Waals surface area contributed by atoms with Crippen molar-refractivity contribution in [1.29, 1.82) is 0 Å². The number of ether oxygens (including phenoxy) is 1. The Hall–Kier alpha value is -1.06. The molecule has 0 aromatic rings. The fourth-order valence-electron chi connectivity index (χ4n) is 2.38. The van der Waals surface area contributed by atoms with Crippen LogP contribution in [0.3, 0.4) is 0 Å². The van der Waals surface area contributed by atoms with E-state index < -0.39 is 0 Å². The molecule has 0 aliphatic heterocycles. The second-order valence-corrected chi connectivity index (χ2v) is 4.67. The maximum absolute atomic E-state index is 11.9. The topological polar surface area (TPSA) is 46.6 Å². The van der Waals surface area contributed by atoms with Crippen LogP contribution in [-0.4, -0.2) is 37.0 Å². The van der Waals surface area contributed by atoms with Gasteiger partial charge in [-0.3, -0.25) is 9.59 Å². The molecule has 1 aliphatic carbocycles. The lowest BCUT2D eigenvalue weighted by molar-refractivity contribution is -0.147. The number of methoxy groups -OCH3 is 1. The zero-order valence-corrected chi connectivity index (χ0v) is 10.9. The zero-order valence-electron chi connectivity index (χ0n) is 10.9. The molecule has 1 saturated carbocycles. The zero-order chi connectivity index (χ0) is 12.7. The molecule has 0 aromatic heterocycles. The van der Waals surface area contributed by atoms with Gasteiger partial charge in [-0.2, -0.15) is 0 Å². The Balaban J connectivity index is 2.29. The van der Waals surface area contributed by atoms with Crippen LogP contribution >= 0.6 is 0 Å². The molecule has 0 bridgehead atoms. The van der Waals surface area contributed by atoms with Crippen LogP contribution in [-0.2, 0) is 14.3 Å². The van der Waals surface area contributed by atoms with Crippen LogP contribution in [0.4, 0.5) is 0 Å². The van der Waals surface area contributed by atoms with Gasteiger partial charge in [-0.05, 0) is 19.3 Å². The van der Waals surface area contributed by atoms with Gasteiger partial charge in [0.05, 0.1) is 7.11 Å². The minimum Gasteiger partial charge on any atom is -0.468 e. The molecule has 0 atom stereocenters. The quantitative estimate of drug-likeness (QED) is 0.668. The normalized spacial score (nSPS) is 15.9. The molecule has 1 aliphatic rings. The van der Waals surface area contributed by atoms with E-state index in [9.17, 15) is 9.59 Å². The van der Waals surface area contributed by atoms with Crippen LogP contribution in [0.2, 0.25) is 0 Å². The van der Waals surface area contributed by atoms with Crippen molar-refractivity contribution in [3.05, 3.63) is 0 Å². The number of hydrogen-bond donors (Lipinski definition) is 0. The summed E-state index contributed by atoms with van der Waals surface area (Å²) in [4.78, 5) is 24.6. The Morgan fingerprint density at radius 3 is 2.47 bits per heavy atom. The van der Waals surface area contributed by atoms with Crippen LogP contribution in [0.5, 0.6) is 0 Å². The first-order valence-electron chi connectivity index (χ1n) is 6.52. The van der Waals surface area contributed by atoms with E-state index >= 15 is 0 Å². The van der Waals surface area contributed by atoms with Crippen LogP contribution in [0.1, 0.15) is 45.4 Å². The standard InChI is InChI=1S/C13H23NO3/c1-3-14(10-13(16)17-2)12(15)9-8-11-6-4-5-7-11/h11H,3-10H2,1-2H3. The van der Waals surface area contributed by atoms with Gasteiger partial charge in [0.2, 0.25) is 5.91 Å². The first kappa shape index (κ1) is 14.0. The number of esters is 1. The second-order valence-electron chi connectivity index (χ2n) is 4.67. The highest BCUT2D eigenvalue weighted by molar-refractivity contribution is 5.81. The third kappa shape index (κ3) is 4.75. The highest BCUT2D eigenvalue weighted by atomic mass is 16.5. The summed E-state index contributed by atoms with van der Waals surface area (Å²) >= 11 is 0. The molecule has 0 radical (unpaired) electrons. The Labute approximate surface area is 103 Å². The lowest BCUT2D eigenvalue weighted by Crippen LogP contribution is -2.36. The van der Waals surface area contributed by atoms with E-state index in [4.69, 9.17) is 0 Å². The summed E-state index contributed by atoms with van der Waals surface area (Å²) in [5.74, 6) is 0.446. The smallest absolute Gasteiger partial charge is 0.325 e. The molecule has 1 fully saturated rings. The summed E-state index contributed by atoms with van der Waals surface area (Å²) in [5, 5.41) is 0. The van der Waals surface area contributed by atoms with Gasteiger partial charge in [-0.1, -0.05) is 25.7 Å². The fourth-order valence-corrected chi connectivity index (χ4v) is 2.38. The Bertz CT molecular complexity index is 259. The molecule has 98 valence electrons. The van der Waals surface area contributed by atoms with Crippen molar-refractivity contribution >= 4 is 11.9 Å². The third-order valence-corrected chi connectivity index (χ3v) is 3.52. The predicted molar refractivity (Wildman–Crippen MR) is 65.5 cm³/mol. The average Bonchev–Trinajstić information content (AvgIpc) is 2.85. The van der Waals surface area contributed by atoms with Crippen LogP contribution in [0.25, 0.3) is 0 Å². The molecule has 4 heteroatoms. The maximum atomic E-state index is 11.9. The largest absolute Gasteiger partial charge is 0.468 e. The molecule has 4 nitrogen and oxygen atoms in total. The number of rotatable bonds is 6. The van der Waals surface area contributed by atoms with Crippen LogP contribution in [0.15, 0.2) is 0 Å². The molecule has 1 amide bonds. The van der Waals surface area contributed by atoms with Gasteiger partial charge in [-0.25, -0.2) is 0 Å².